The SMILES string of the molecule is COCCNC(=O)C(C)N1CCC(C#N)CC1. The van der Waals surface area contributed by atoms with Crippen molar-refractivity contribution in [3.63, 3.8) is 0 Å². The van der Waals surface area contributed by atoms with E-state index in [9.17, 15) is 4.79 Å². The summed E-state index contributed by atoms with van der Waals surface area (Å²) in [5, 5.41) is 11.6. The molecular formula is C12H21N3O2. The number of hydrogen-bond acceptors (Lipinski definition) is 4. The summed E-state index contributed by atoms with van der Waals surface area (Å²) in [4.78, 5) is 13.9. The Morgan fingerprint density at radius 1 is 1.59 bits per heavy atom. The molecule has 0 aromatic rings. The fourth-order valence-electron chi connectivity index (χ4n) is 2.01. The van der Waals surface area contributed by atoms with Gasteiger partial charge < -0.3 is 10.1 Å². The Labute approximate surface area is 103 Å². The summed E-state index contributed by atoms with van der Waals surface area (Å²) < 4.78 is 4.88. The maximum absolute atomic E-state index is 11.8. The number of methoxy groups -OCH3 is 1. The summed E-state index contributed by atoms with van der Waals surface area (Å²) in [5.41, 5.74) is 0. The average molecular weight is 239 g/mol. The molecular weight excluding hydrogens is 218 g/mol. The number of likely N-dealkylation sites (tertiary alicyclic amines) is 1. The summed E-state index contributed by atoms with van der Waals surface area (Å²) >= 11 is 0. The van der Waals surface area contributed by atoms with E-state index in [0.29, 0.717) is 13.2 Å². The maximum Gasteiger partial charge on any atom is 0.237 e. The Hall–Kier alpha value is -1.12. The molecule has 1 fully saturated rings. The van der Waals surface area contributed by atoms with Crippen molar-refractivity contribution in [1.29, 1.82) is 5.26 Å². The van der Waals surface area contributed by atoms with Crippen LogP contribution in [0, 0.1) is 17.2 Å². The first-order chi connectivity index (χ1) is 8.19. The quantitative estimate of drug-likeness (QED) is 0.704. The van der Waals surface area contributed by atoms with Gasteiger partial charge in [0.15, 0.2) is 0 Å². The molecule has 0 saturated carbocycles. The standard InChI is InChI=1S/C12H21N3O2/c1-10(12(16)14-5-8-17-2)15-6-3-11(9-13)4-7-15/h10-11H,3-8H2,1-2H3,(H,14,16). The highest BCUT2D eigenvalue weighted by Crippen LogP contribution is 2.17. The number of carbonyl (C=O) groups excluding carboxylic acids is 1. The van der Waals surface area contributed by atoms with E-state index in [0.717, 1.165) is 25.9 Å². The van der Waals surface area contributed by atoms with Gasteiger partial charge >= 0.3 is 0 Å². The summed E-state index contributed by atoms with van der Waals surface area (Å²) in [6, 6.07) is 2.17. The number of piperidine rings is 1. The minimum Gasteiger partial charge on any atom is -0.383 e. The number of nitrogens with one attached hydrogen (secondary N) is 1. The van der Waals surface area contributed by atoms with Crippen LogP contribution in [0.2, 0.25) is 0 Å². The highest BCUT2D eigenvalue weighted by Gasteiger charge is 2.26. The van der Waals surface area contributed by atoms with Crippen LogP contribution in [0.1, 0.15) is 19.8 Å². The second-order valence-corrected chi connectivity index (χ2v) is 4.40. The van der Waals surface area contributed by atoms with Crippen LogP contribution in [0.4, 0.5) is 0 Å². The van der Waals surface area contributed by atoms with Gasteiger partial charge in [0.25, 0.3) is 0 Å². The molecule has 0 radical (unpaired) electrons. The second-order valence-electron chi connectivity index (χ2n) is 4.40. The number of nitrogens with zero attached hydrogens (tertiary/aromatic N) is 2. The second kappa shape index (κ2) is 7.25. The van der Waals surface area contributed by atoms with Gasteiger partial charge in [0.1, 0.15) is 0 Å². The Kier molecular flexibility index (Phi) is 5.95. The van der Waals surface area contributed by atoms with E-state index >= 15 is 0 Å². The van der Waals surface area contributed by atoms with E-state index in [2.05, 4.69) is 16.3 Å². The lowest BCUT2D eigenvalue weighted by Gasteiger charge is -2.33. The Balaban J connectivity index is 2.30. The van der Waals surface area contributed by atoms with Gasteiger partial charge in [0.2, 0.25) is 5.91 Å². The van der Waals surface area contributed by atoms with Gasteiger partial charge in [-0.15, -0.1) is 0 Å². The van der Waals surface area contributed by atoms with Crippen LogP contribution in [0.25, 0.3) is 0 Å². The fourth-order valence-corrected chi connectivity index (χ4v) is 2.01. The van der Waals surface area contributed by atoms with E-state index in [1.807, 2.05) is 6.92 Å². The molecule has 0 aromatic heterocycles. The number of ether oxygens (including phenoxy) is 1. The summed E-state index contributed by atoms with van der Waals surface area (Å²) in [5.74, 6) is 0.201. The topological polar surface area (TPSA) is 65.4 Å². The Morgan fingerprint density at radius 2 is 2.24 bits per heavy atom. The average Bonchev–Trinajstić information content (AvgIpc) is 2.38. The number of hydrogen-bond donors (Lipinski definition) is 1. The highest BCUT2D eigenvalue weighted by molar-refractivity contribution is 5.81. The van der Waals surface area contributed by atoms with Gasteiger partial charge in [-0.3, -0.25) is 9.69 Å². The van der Waals surface area contributed by atoms with Crippen molar-refractivity contribution in [3.8, 4) is 6.07 Å². The number of nitriles is 1. The van der Waals surface area contributed by atoms with Crippen molar-refractivity contribution >= 4 is 5.91 Å². The normalized spacial score (nSPS) is 19.6. The van der Waals surface area contributed by atoms with E-state index in [4.69, 9.17) is 10.00 Å². The van der Waals surface area contributed by atoms with Crippen LogP contribution in [-0.4, -0.2) is 50.2 Å². The van der Waals surface area contributed by atoms with Gasteiger partial charge in [-0.1, -0.05) is 0 Å². The van der Waals surface area contributed by atoms with Crippen LogP contribution in [0.15, 0.2) is 0 Å². The largest absolute Gasteiger partial charge is 0.383 e. The molecule has 1 atom stereocenters. The third-order valence-corrected chi connectivity index (χ3v) is 3.24. The third-order valence-electron chi connectivity index (χ3n) is 3.24. The molecule has 0 aromatic carbocycles. The molecule has 1 aliphatic rings. The molecule has 96 valence electrons. The molecule has 5 nitrogen and oxygen atoms in total. The molecule has 5 heteroatoms. The third kappa shape index (κ3) is 4.33. The molecule has 1 saturated heterocycles. The summed E-state index contributed by atoms with van der Waals surface area (Å²) in [6.07, 6.45) is 1.73. The predicted octanol–water partition coefficient (Wildman–Crippen LogP) is 0.373. The van der Waals surface area contributed by atoms with Gasteiger partial charge in [0, 0.05) is 32.7 Å². The monoisotopic (exact) mass is 239 g/mol. The van der Waals surface area contributed by atoms with Gasteiger partial charge in [0.05, 0.1) is 18.7 Å². The zero-order chi connectivity index (χ0) is 12.7. The molecule has 0 bridgehead atoms. The molecule has 17 heavy (non-hydrogen) atoms. The molecule has 1 heterocycles. The van der Waals surface area contributed by atoms with E-state index in [1.54, 1.807) is 7.11 Å². The molecule has 1 rings (SSSR count). The van der Waals surface area contributed by atoms with Crippen molar-refractivity contribution in [2.75, 3.05) is 33.4 Å². The van der Waals surface area contributed by atoms with Crippen molar-refractivity contribution in [1.82, 2.24) is 10.2 Å². The van der Waals surface area contributed by atoms with Crippen molar-refractivity contribution < 1.29 is 9.53 Å². The van der Waals surface area contributed by atoms with E-state index < -0.39 is 0 Å². The molecule has 1 N–H and O–H groups in total. The highest BCUT2D eigenvalue weighted by atomic mass is 16.5. The van der Waals surface area contributed by atoms with Crippen LogP contribution in [0.5, 0.6) is 0 Å². The molecule has 1 aliphatic heterocycles. The molecule has 0 spiro atoms. The lowest BCUT2D eigenvalue weighted by atomic mass is 9.97. The summed E-state index contributed by atoms with van der Waals surface area (Å²) in [6.45, 7) is 4.66. The van der Waals surface area contributed by atoms with Crippen molar-refractivity contribution in [2.24, 2.45) is 5.92 Å². The van der Waals surface area contributed by atoms with Crippen molar-refractivity contribution in [3.05, 3.63) is 0 Å². The lowest BCUT2D eigenvalue weighted by Crippen LogP contribution is -2.48. The van der Waals surface area contributed by atoms with E-state index in [1.165, 1.54) is 0 Å². The lowest BCUT2D eigenvalue weighted by molar-refractivity contribution is -0.126. The Morgan fingerprint density at radius 3 is 2.76 bits per heavy atom. The minimum atomic E-state index is -0.119. The first-order valence-corrected chi connectivity index (χ1v) is 6.09. The van der Waals surface area contributed by atoms with Crippen molar-refractivity contribution in [2.45, 2.75) is 25.8 Å². The summed E-state index contributed by atoms with van der Waals surface area (Å²) in [7, 11) is 1.61. The van der Waals surface area contributed by atoms with Gasteiger partial charge in [-0.05, 0) is 19.8 Å². The zero-order valence-corrected chi connectivity index (χ0v) is 10.6. The molecule has 1 unspecified atom stereocenters. The van der Waals surface area contributed by atoms with Gasteiger partial charge in [-0.2, -0.15) is 5.26 Å². The predicted molar refractivity (Wildman–Crippen MR) is 64.3 cm³/mol. The minimum absolute atomic E-state index is 0.0393. The van der Waals surface area contributed by atoms with Crippen LogP contribution in [-0.2, 0) is 9.53 Å². The van der Waals surface area contributed by atoms with Crippen LogP contribution >= 0.6 is 0 Å². The Bertz CT molecular complexity index is 280. The number of amides is 1. The smallest absolute Gasteiger partial charge is 0.237 e. The number of carbonyl (C=O) groups is 1. The molecule has 0 aliphatic carbocycles. The van der Waals surface area contributed by atoms with Crippen LogP contribution in [0.3, 0.4) is 0 Å². The zero-order valence-electron chi connectivity index (χ0n) is 10.6. The van der Waals surface area contributed by atoms with Crippen LogP contribution < -0.4 is 5.32 Å². The molecule has 1 amide bonds. The van der Waals surface area contributed by atoms with Gasteiger partial charge in [-0.25, -0.2) is 0 Å². The number of rotatable bonds is 5. The maximum atomic E-state index is 11.8. The first kappa shape index (κ1) is 13.9. The first-order valence-electron chi connectivity index (χ1n) is 6.09. The van der Waals surface area contributed by atoms with E-state index in [-0.39, 0.29) is 17.9 Å². The fraction of sp³-hybridized carbons (Fsp3) is 0.833.